The van der Waals surface area contributed by atoms with Crippen LogP contribution in [-0.2, 0) is 9.47 Å². The van der Waals surface area contributed by atoms with Gasteiger partial charge in [0.2, 0.25) is 0 Å². The first-order valence-electron chi connectivity index (χ1n) is 4.94. The lowest BCUT2D eigenvalue weighted by Gasteiger charge is -2.02. The molecule has 1 rings (SSSR count). The van der Waals surface area contributed by atoms with Crippen molar-refractivity contribution >= 4 is 17.7 Å². The molecule has 0 aliphatic rings. The number of ether oxygens (including phenoxy) is 2. The molecule has 0 atom stereocenters. The Hall–Kier alpha value is -1.07. The monoisotopic (exact) mass is 241 g/mol. The molecule has 0 aliphatic heterocycles. The zero-order valence-corrected chi connectivity index (χ0v) is 10.3. The zero-order valence-electron chi connectivity index (χ0n) is 9.43. The summed E-state index contributed by atoms with van der Waals surface area (Å²) in [6.45, 7) is 0.740. The van der Waals surface area contributed by atoms with E-state index in [1.807, 2.05) is 0 Å². The lowest BCUT2D eigenvalue weighted by molar-refractivity contribution is 0.0600. The average molecular weight is 241 g/mol. The molecule has 0 aliphatic carbocycles. The van der Waals surface area contributed by atoms with Crippen molar-refractivity contribution in [2.75, 3.05) is 26.6 Å². The number of methoxy groups -OCH3 is 2. The molecule has 0 aromatic carbocycles. The van der Waals surface area contributed by atoms with Crippen molar-refractivity contribution in [3.63, 3.8) is 0 Å². The summed E-state index contributed by atoms with van der Waals surface area (Å²) >= 11 is 1.60. The summed E-state index contributed by atoms with van der Waals surface area (Å²) in [6, 6.07) is 3.38. The van der Waals surface area contributed by atoms with Crippen LogP contribution < -0.4 is 0 Å². The SMILES string of the molecule is COCCCSc1cc(C(=O)OC)ccn1. The minimum atomic E-state index is -0.332. The van der Waals surface area contributed by atoms with E-state index in [4.69, 9.17) is 4.74 Å². The van der Waals surface area contributed by atoms with Gasteiger partial charge in [0.15, 0.2) is 0 Å². The summed E-state index contributed by atoms with van der Waals surface area (Å²) in [5.41, 5.74) is 0.534. The predicted octanol–water partition coefficient (Wildman–Crippen LogP) is 2.00. The molecule has 0 amide bonds. The summed E-state index contributed by atoms with van der Waals surface area (Å²) < 4.78 is 9.59. The van der Waals surface area contributed by atoms with Gasteiger partial charge in [-0.1, -0.05) is 0 Å². The Balaban J connectivity index is 2.50. The van der Waals surface area contributed by atoms with Gasteiger partial charge < -0.3 is 9.47 Å². The third-order valence-corrected chi connectivity index (χ3v) is 2.91. The number of carbonyl (C=O) groups excluding carboxylic acids is 1. The van der Waals surface area contributed by atoms with E-state index in [9.17, 15) is 4.79 Å². The molecule has 1 heterocycles. The Morgan fingerprint density at radius 3 is 3.00 bits per heavy atom. The van der Waals surface area contributed by atoms with Crippen molar-refractivity contribution in [1.82, 2.24) is 4.98 Å². The molecule has 0 fully saturated rings. The minimum absolute atomic E-state index is 0.332. The molecule has 1 aromatic heterocycles. The van der Waals surface area contributed by atoms with Gasteiger partial charge in [0.05, 0.1) is 17.7 Å². The lowest BCUT2D eigenvalue weighted by Crippen LogP contribution is -2.01. The predicted molar refractivity (Wildman–Crippen MR) is 62.8 cm³/mol. The number of rotatable bonds is 6. The number of thioether (sulfide) groups is 1. The van der Waals surface area contributed by atoms with Gasteiger partial charge in [-0.3, -0.25) is 0 Å². The van der Waals surface area contributed by atoms with Gasteiger partial charge in [0, 0.05) is 25.7 Å². The van der Waals surface area contributed by atoms with Gasteiger partial charge >= 0.3 is 5.97 Å². The van der Waals surface area contributed by atoms with Gasteiger partial charge in [-0.2, -0.15) is 0 Å². The van der Waals surface area contributed by atoms with E-state index < -0.39 is 0 Å². The number of carbonyl (C=O) groups is 1. The highest BCUT2D eigenvalue weighted by atomic mass is 32.2. The summed E-state index contributed by atoms with van der Waals surface area (Å²) in [6.07, 6.45) is 2.58. The normalized spacial score (nSPS) is 10.1. The molecule has 0 saturated carbocycles. The Labute approximate surface area is 99.4 Å². The van der Waals surface area contributed by atoms with Crippen molar-refractivity contribution < 1.29 is 14.3 Å². The van der Waals surface area contributed by atoms with Gasteiger partial charge in [-0.15, -0.1) is 11.8 Å². The molecule has 4 nitrogen and oxygen atoms in total. The fourth-order valence-corrected chi connectivity index (χ4v) is 1.93. The number of hydrogen-bond donors (Lipinski definition) is 0. The van der Waals surface area contributed by atoms with Crippen LogP contribution in [0.1, 0.15) is 16.8 Å². The van der Waals surface area contributed by atoms with Gasteiger partial charge in [-0.05, 0) is 18.6 Å². The molecule has 0 spiro atoms. The van der Waals surface area contributed by atoms with Crippen LogP contribution in [0.25, 0.3) is 0 Å². The van der Waals surface area contributed by atoms with Crippen LogP contribution in [0.5, 0.6) is 0 Å². The van der Waals surface area contributed by atoms with Crippen LogP contribution in [0.4, 0.5) is 0 Å². The first-order valence-corrected chi connectivity index (χ1v) is 5.92. The number of pyridine rings is 1. The maximum Gasteiger partial charge on any atom is 0.337 e. The Kier molecular flexibility index (Phi) is 5.88. The van der Waals surface area contributed by atoms with Crippen molar-refractivity contribution in [3.05, 3.63) is 23.9 Å². The molecular weight excluding hydrogens is 226 g/mol. The Morgan fingerprint density at radius 2 is 2.31 bits per heavy atom. The van der Waals surface area contributed by atoms with Crippen molar-refractivity contribution in [2.45, 2.75) is 11.4 Å². The molecule has 16 heavy (non-hydrogen) atoms. The van der Waals surface area contributed by atoms with Crippen LogP contribution >= 0.6 is 11.8 Å². The van der Waals surface area contributed by atoms with E-state index >= 15 is 0 Å². The van der Waals surface area contributed by atoms with Crippen molar-refractivity contribution in [2.24, 2.45) is 0 Å². The van der Waals surface area contributed by atoms with Gasteiger partial charge in [-0.25, -0.2) is 9.78 Å². The number of hydrogen-bond acceptors (Lipinski definition) is 5. The summed E-state index contributed by atoms with van der Waals surface area (Å²) in [5.74, 6) is 0.590. The highest BCUT2D eigenvalue weighted by Crippen LogP contribution is 2.17. The van der Waals surface area contributed by atoms with E-state index in [0.29, 0.717) is 5.56 Å². The zero-order chi connectivity index (χ0) is 11.8. The summed E-state index contributed by atoms with van der Waals surface area (Å²) in [5, 5.41) is 0.832. The van der Waals surface area contributed by atoms with Crippen molar-refractivity contribution in [3.8, 4) is 0 Å². The minimum Gasteiger partial charge on any atom is -0.465 e. The second-order valence-corrected chi connectivity index (χ2v) is 4.18. The molecule has 0 radical (unpaired) electrons. The third kappa shape index (κ3) is 4.20. The summed E-state index contributed by atoms with van der Waals surface area (Å²) in [7, 11) is 3.05. The largest absolute Gasteiger partial charge is 0.465 e. The highest BCUT2D eigenvalue weighted by Gasteiger charge is 2.06. The van der Waals surface area contributed by atoms with Crippen molar-refractivity contribution in [1.29, 1.82) is 0 Å². The van der Waals surface area contributed by atoms with E-state index in [2.05, 4.69) is 9.72 Å². The number of esters is 1. The maximum absolute atomic E-state index is 11.3. The second-order valence-electron chi connectivity index (χ2n) is 3.07. The van der Waals surface area contributed by atoms with E-state index in [0.717, 1.165) is 23.8 Å². The maximum atomic E-state index is 11.3. The van der Waals surface area contributed by atoms with Crippen LogP contribution in [0, 0.1) is 0 Å². The van der Waals surface area contributed by atoms with Gasteiger partial charge in [0.25, 0.3) is 0 Å². The second kappa shape index (κ2) is 7.24. The highest BCUT2D eigenvalue weighted by molar-refractivity contribution is 7.99. The molecule has 0 unspecified atom stereocenters. The van der Waals surface area contributed by atoms with E-state index in [-0.39, 0.29) is 5.97 Å². The molecule has 0 saturated heterocycles. The van der Waals surface area contributed by atoms with Gasteiger partial charge in [0.1, 0.15) is 0 Å². The number of nitrogens with zero attached hydrogens (tertiary/aromatic N) is 1. The van der Waals surface area contributed by atoms with E-state index in [1.54, 1.807) is 37.2 Å². The number of aromatic nitrogens is 1. The van der Waals surface area contributed by atoms with Crippen LogP contribution in [-0.4, -0.2) is 37.5 Å². The topological polar surface area (TPSA) is 48.4 Å². The fraction of sp³-hybridized carbons (Fsp3) is 0.455. The molecular formula is C11H15NO3S. The third-order valence-electron chi connectivity index (χ3n) is 1.90. The van der Waals surface area contributed by atoms with Crippen LogP contribution in [0.2, 0.25) is 0 Å². The Bertz CT molecular complexity index is 344. The summed E-state index contributed by atoms with van der Waals surface area (Å²) in [4.78, 5) is 15.4. The van der Waals surface area contributed by atoms with Crippen LogP contribution in [0.3, 0.4) is 0 Å². The first-order chi connectivity index (χ1) is 7.77. The average Bonchev–Trinajstić information content (AvgIpc) is 2.34. The van der Waals surface area contributed by atoms with E-state index in [1.165, 1.54) is 7.11 Å². The smallest absolute Gasteiger partial charge is 0.337 e. The van der Waals surface area contributed by atoms with Crippen LogP contribution in [0.15, 0.2) is 23.4 Å². The standard InChI is InChI=1S/C11H15NO3S/c1-14-6-3-7-16-10-8-9(4-5-12-10)11(13)15-2/h4-5,8H,3,6-7H2,1-2H3. The first kappa shape index (κ1) is 13.0. The lowest BCUT2D eigenvalue weighted by atomic mass is 10.3. The molecule has 0 N–H and O–H groups in total. The molecule has 0 bridgehead atoms. The quantitative estimate of drug-likeness (QED) is 0.433. The molecule has 5 heteroatoms. The molecule has 88 valence electrons. The Morgan fingerprint density at radius 1 is 1.50 bits per heavy atom. The molecule has 1 aromatic rings. The fourth-order valence-electron chi connectivity index (χ4n) is 1.11.